The summed E-state index contributed by atoms with van der Waals surface area (Å²) in [6.07, 6.45) is 0. The van der Waals surface area contributed by atoms with E-state index in [9.17, 15) is 18.0 Å². The molecule has 17 heavy (non-hydrogen) atoms. The Kier molecular flexibility index (Phi) is 2.80. The van der Waals surface area contributed by atoms with Crippen LogP contribution in [-0.2, 0) is 19.6 Å². The van der Waals surface area contributed by atoms with E-state index in [1.165, 1.54) is 18.5 Å². The molecular formula is C9H9NO5S2. The van der Waals surface area contributed by atoms with Crippen molar-refractivity contribution in [3.05, 3.63) is 16.3 Å². The summed E-state index contributed by atoms with van der Waals surface area (Å²) in [6.45, 7) is 0. The van der Waals surface area contributed by atoms with Crippen LogP contribution in [0.1, 0.15) is 9.67 Å². The van der Waals surface area contributed by atoms with E-state index >= 15 is 0 Å². The van der Waals surface area contributed by atoms with Crippen molar-refractivity contribution in [2.24, 2.45) is 0 Å². The maximum absolute atomic E-state index is 12.0. The summed E-state index contributed by atoms with van der Waals surface area (Å²) < 4.78 is 29.2. The highest BCUT2D eigenvalue weighted by molar-refractivity contribution is 7.89. The Labute approximate surface area is 102 Å². The molecule has 0 aromatic carbocycles. The van der Waals surface area contributed by atoms with Gasteiger partial charge in [-0.05, 0) is 11.4 Å². The number of methoxy groups -OCH3 is 1. The summed E-state index contributed by atoms with van der Waals surface area (Å²) in [5, 5.41) is 1.51. The number of fused-ring (bicyclic) bond motifs is 1. The lowest BCUT2D eigenvalue weighted by Gasteiger charge is -2.28. The zero-order chi connectivity index (χ0) is 12.8. The van der Waals surface area contributed by atoms with Gasteiger partial charge in [0.05, 0.1) is 12.0 Å². The first-order valence-electron chi connectivity index (χ1n) is 4.59. The molecule has 1 aromatic rings. The first-order chi connectivity index (χ1) is 7.91. The Morgan fingerprint density at radius 3 is 2.76 bits per heavy atom. The van der Waals surface area contributed by atoms with Crippen LogP contribution in [0.15, 0.2) is 16.3 Å². The fourth-order valence-corrected chi connectivity index (χ4v) is 4.27. The van der Waals surface area contributed by atoms with Crippen LogP contribution in [0.4, 0.5) is 0 Å². The van der Waals surface area contributed by atoms with E-state index in [2.05, 4.69) is 4.74 Å². The van der Waals surface area contributed by atoms with E-state index in [0.717, 1.165) is 22.8 Å². The van der Waals surface area contributed by atoms with Crippen LogP contribution in [0.2, 0.25) is 0 Å². The predicted octanol–water partition coefficient (Wildman–Crippen LogP) is 0.107. The van der Waals surface area contributed by atoms with Gasteiger partial charge in [-0.2, -0.15) is 4.31 Å². The fourth-order valence-electron chi connectivity index (χ4n) is 1.63. The Balaban J connectivity index is 2.64. The number of hydrogen-bond acceptors (Lipinski definition) is 6. The Bertz CT molecular complexity index is 588. The van der Waals surface area contributed by atoms with Gasteiger partial charge in [-0.25, -0.2) is 13.2 Å². The standard InChI is InChI=1S/C9H9NO5S2/c1-10-6(9(12)15-2)7(11)8-5(3-4-16-8)17(10,13)14/h3-4,6H,1-2H3. The molecular weight excluding hydrogens is 266 g/mol. The molecule has 0 fully saturated rings. The molecule has 0 saturated carbocycles. The van der Waals surface area contributed by atoms with Crippen LogP contribution in [-0.4, -0.2) is 44.7 Å². The van der Waals surface area contributed by atoms with Crippen LogP contribution in [0.25, 0.3) is 0 Å². The van der Waals surface area contributed by atoms with E-state index in [-0.39, 0.29) is 9.77 Å². The molecule has 0 amide bonds. The second-order valence-corrected chi connectivity index (χ2v) is 6.31. The molecule has 1 aliphatic rings. The SMILES string of the molecule is COC(=O)C1C(=O)c2sccc2S(=O)(=O)N1C. The van der Waals surface area contributed by atoms with Gasteiger partial charge in [-0.15, -0.1) is 11.3 Å². The molecule has 2 heterocycles. The van der Waals surface area contributed by atoms with Gasteiger partial charge < -0.3 is 4.74 Å². The zero-order valence-corrected chi connectivity index (χ0v) is 10.7. The van der Waals surface area contributed by atoms with E-state index < -0.39 is 27.8 Å². The number of ketones is 1. The lowest BCUT2D eigenvalue weighted by atomic mass is 10.1. The van der Waals surface area contributed by atoms with Crippen molar-refractivity contribution < 1.29 is 22.7 Å². The number of Topliss-reactive ketones (excluding diaryl/α,β-unsaturated/α-hetero) is 1. The van der Waals surface area contributed by atoms with E-state index in [0.29, 0.717) is 0 Å². The second-order valence-electron chi connectivity index (χ2n) is 3.43. The normalized spacial score (nSPS) is 23.2. The van der Waals surface area contributed by atoms with Gasteiger partial charge in [0, 0.05) is 7.05 Å². The lowest BCUT2D eigenvalue weighted by molar-refractivity contribution is -0.143. The third kappa shape index (κ3) is 1.60. The van der Waals surface area contributed by atoms with Gasteiger partial charge in [0.1, 0.15) is 4.90 Å². The molecule has 1 atom stereocenters. The molecule has 1 aliphatic heterocycles. The van der Waals surface area contributed by atoms with Crippen molar-refractivity contribution in [2.75, 3.05) is 14.2 Å². The van der Waals surface area contributed by atoms with Crippen LogP contribution in [0.3, 0.4) is 0 Å². The highest BCUT2D eigenvalue weighted by Crippen LogP contribution is 2.32. The summed E-state index contributed by atoms with van der Waals surface area (Å²) in [6, 6.07) is -0.0619. The van der Waals surface area contributed by atoms with E-state index in [1.54, 1.807) is 0 Å². The topological polar surface area (TPSA) is 80.8 Å². The minimum Gasteiger partial charge on any atom is -0.467 e. The van der Waals surface area contributed by atoms with Crippen LogP contribution < -0.4 is 0 Å². The van der Waals surface area contributed by atoms with Crippen molar-refractivity contribution in [1.82, 2.24) is 4.31 Å². The average Bonchev–Trinajstić information content (AvgIpc) is 2.76. The van der Waals surface area contributed by atoms with Crippen molar-refractivity contribution in [3.8, 4) is 0 Å². The Hall–Kier alpha value is -1.25. The number of ether oxygens (including phenoxy) is 1. The number of esters is 1. The smallest absolute Gasteiger partial charge is 0.332 e. The highest BCUT2D eigenvalue weighted by Gasteiger charge is 2.46. The highest BCUT2D eigenvalue weighted by atomic mass is 32.2. The molecule has 8 heteroatoms. The van der Waals surface area contributed by atoms with Gasteiger partial charge in [-0.1, -0.05) is 0 Å². The molecule has 0 aliphatic carbocycles. The maximum atomic E-state index is 12.0. The average molecular weight is 275 g/mol. The van der Waals surface area contributed by atoms with Gasteiger partial charge in [0.2, 0.25) is 15.8 Å². The van der Waals surface area contributed by atoms with E-state index in [4.69, 9.17) is 0 Å². The number of carbonyl (C=O) groups excluding carboxylic acids is 2. The summed E-state index contributed by atoms with van der Waals surface area (Å²) in [7, 11) is -1.49. The van der Waals surface area contributed by atoms with E-state index in [1.807, 2.05) is 0 Å². The molecule has 2 rings (SSSR count). The molecule has 0 spiro atoms. The second kappa shape index (κ2) is 3.90. The molecule has 92 valence electrons. The number of nitrogens with zero attached hydrogens (tertiary/aromatic N) is 1. The van der Waals surface area contributed by atoms with Crippen molar-refractivity contribution in [1.29, 1.82) is 0 Å². The Morgan fingerprint density at radius 1 is 1.53 bits per heavy atom. The molecule has 0 radical (unpaired) electrons. The molecule has 0 bridgehead atoms. The largest absolute Gasteiger partial charge is 0.467 e. The predicted molar refractivity (Wildman–Crippen MR) is 59.4 cm³/mol. The fraction of sp³-hybridized carbons (Fsp3) is 0.333. The number of thiophene rings is 1. The van der Waals surface area contributed by atoms with Crippen LogP contribution in [0.5, 0.6) is 0 Å². The summed E-state index contributed by atoms with van der Waals surface area (Å²) >= 11 is 1.01. The van der Waals surface area contributed by atoms with Crippen molar-refractivity contribution in [2.45, 2.75) is 10.9 Å². The minimum atomic E-state index is -3.79. The number of sulfonamides is 1. The molecule has 1 aromatic heterocycles. The minimum absolute atomic E-state index is 0.0462. The first-order valence-corrected chi connectivity index (χ1v) is 6.90. The molecule has 0 N–H and O–H groups in total. The van der Waals surface area contributed by atoms with Gasteiger partial charge in [0.15, 0.2) is 6.04 Å². The number of rotatable bonds is 1. The molecule has 0 saturated heterocycles. The third-order valence-corrected chi connectivity index (χ3v) is 5.47. The van der Waals surface area contributed by atoms with Crippen LogP contribution >= 0.6 is 11.3 Å². The monoisotopic (exact) mass is 275 g/mol. The van der Waals surface area contributed by atoms with Crippen LogP contribution in [0, 0.1) is 0 Å². The van der Waals surface area contributed by atoms with Gasteiger partial charge in [0.25, 0.3) is 0 Å². The molecule has 1 unspecified atom stereocenters. The quantitative estimate of drug-likeness (QED) is 0.536. The number of hydrogen-bond donors (Lipinski definition) is 0. The number of carbonyl (C=O) groups is 2. The maximum Gasteiger partial charge on any atom is 0.332 e. The van der Waals surface area contributed by atoms with Crippen molar-refractivity contribution in [3.63, 3.8) is 0 Å². The number of likely N-dealkylation sites (N-methyl/N-ethyl adjacent to an activating group) is 1. The lowest BCUT2D eigenvalue weighted by Crippen LogP contribution is -2.51. The van der Waals surface area contributed by atoms with Gasteiger partial charge >= 0.3 is 5.97 Å². The Morgan fingerprint density at radius 2 is 2.18 bits per heavy atom. The summed E-state index contributed by atoms with van der Waals surface area (Å²) in [5.74, 6) is -1.42. The zero-order valence-electron chi connectivity index (χ0n) is 9.04. The third-order valence-electron chi connectivity index (χ3n) is 2.55. The first kappa shape index (κ1) is 12.2. The van der Waals surface area contributed by atoms with Gasteiger partial charge in [-0.3, -0.25) is 4.79 Å². The molecule has 6 nitrogen and oxygen atoms in total. The summed E-state index contributed by atoms with van der Waals surface area (Å²) in [4.78, 5) is 23.5. The summed E-state index contributed by atoms with van der Waals surface area (Å²) in [5.41, 5.74) is 0. The van der Waals surface area contributed by atoms with Crippen molar-refractivity contribution >= 4 is 33.1 Å².